The Balaban J connectivity index is 1.18. The molecule has 13 aromatic rings. The molecule has 0 fully saturated rings. The standard InChI is InChI=1S/C52H27BN2S3/c1-2-11-30-28(10-1)20-22-35-34-15-9-16-36-48-49-42(26-39-33-14-5-8-19-45(33)58-52(39)48)54(29-21-23-46-37(24-29)31-12-3-6-17-43(31)56-46)41-25-38-32-13-4-7-18-44(32)57-47(38)27-40(41)53(49)55(50(30)35)51(34)36/h1-27H. The van der Waals surface area contributed by atoms with Crippen LogP contribution in [-0.4, -0.2) is 11.3 Å². The van der Waals surface area contributed by atoms with Crippen LogP contribution in [0.5, 0.6) is 0 Å². The molecule has 6 heterocycles. The molecule has 58 heavy (non-hydrogen) atoms. The van der Waals surface area contributed by atoms with Crippen molar-refractivity contribution < 1.29 is 0 Å². The van der Waals surface area contributed by atoms with Crippen LogP contribution < -0.4 is 15.8 Å². The predicted molar refractivity (Wildman–Crippen MR) is 256 cm³/mol. The highest BCUT2D eigenvalue weighted by molar-refractivity contribution is 7.27. The first kappa shape index (κ1) is 30.7. The van der Waals surface area contributed by atoms with E-state index in [1.807, 2.05) is 34.0 Å². The topological polar surface area (TPSA) is 8.17 Å². The molecule has 9 aromatic carbocycles. The lowest BCUT2D eigenvalue weighted by Gasteiger charge is -2.41. The summed E-state index contributed by atoms with van der Waals surface area (Å²) in [6, 6.07) is 62.4. The maximum atomic E-state index is 2.75. The molecule has 266 valence electrons. The number of rotatable bonds is 1. The van der Waals surface area contributed by atoms with Crippen molar-refractivity contribution in [1.82, 2.24) is 4.48 Å². The molecule has 0 saturated carbocycles. The SMILES string of the molecule is c1ccc2c(c1)ccc1c3cccc4c3n(c21)B1c2cc3sc5ccccc5c3cc2N(c2ccc3sc5ccccc5c3c2)c2cc3c(sc5ccccc53)c-4c21. The number of anilines is 3. The van der Waals surface area contributed by atoms with Gasteiger partial charge in [0, 0.05) is 116 Å². The summed E-state index contributed by atoms with van der Waals surface area (Å²) in [6.07, 6.45) is 0. The molecule has 0 bridgehead atoms. The average Bonchev–Trinajstić information content (AvgIpc) is 4.03. The van der Waals surface area contributed by atoms with E-state index < -0.39 is 0 Å². The fourth-order valence-electron chi connectivity index (χ4n) is 10.8. The van der Waals surface area contributed by atoms with Crippen LogP contribution in [0.4, 0.5) is 17.1 Å². The summed E-state index contributed by atoms with van der Waals surface area (Å²) < 4.78 is 10.8. The lowest BCUT2D eigenvalue weighted by atomic mass is 9.45. The Morgan fingerprint density at radius 1 is 0.397 bits per heavy atom. The van der Waals surface area contributed by atoms with Gasteiger partial charge in [-0.2, -0.15) is 0 Å². The van der Waals surface area contributed by atoms with Crippen LogP contribution in [-0.2, 0) is 0 Å². The van der Waals surface area contributed by atoms with Gasteiger partial charge < -0.3 is 9.38 Å². The largest absolute Gasteiger partial charge is 0.375 e. The fourth-order valence-corrected chi connectivity index (χ4v) is 14.3. The van der Waals surface area contributed by atoms with Crippen LogP contribution in [0.1, 0.15) is 0 Å². The van der Waals surface area contributed by atoms with Crippen LogP contribution in [0, 0.1) is 0 Å². The molecule has 2 nitrogen and oxygen atoms in total. The molecule has 0 amide bonds. The Labute approximate surface area is 344 Å². The van der Waals surface area contributed by atoms with Gasteiger partial charge in [-0.05, 0) is 70.9 Å². The summed E-state index contributed by atoms with van der Waals surface area (Å²) in [5.74, 6) is 0. The second-order valence-electron chi connectivity index (χ2n) is 15.9. The second kappa shape index (κ2) is 10.7. The first-order valence-corrected chi connectivity index (χ1v) is 22.3. The van der Waals surface area contributed by atoms with E-state index >= 15 is 0 Å². The van der Waals surface area contributed by atoms with Gasteiger partial charge in [-0.25, -0.2) is 0 Å². The molecule has 4 aromatic heterocycles. The van der Waals surface area contributed by atoms with Crippen LogP contribution in [0.25, 0.3) is 104 Å². The van der Waals surface area contributed by atoms with E-state index in [9.17, 15) is 0 Å². The van der Waals surface area contributed by atoms with Gasteiger partial charge >= 0.3 is 6.85 Å². The molecule has 0 spiro atoms. The lowest BCUT2D eigenvalue weighted by Crippen LogP contribution is -2.56. The monoisotopic (exact) mass is 786 g/mol. The summed E-state index contributed by atoms with van der Waals surface area (Å²) >= 11 is 5.76. The lowest BCUT2D eigenvalue weighted by molar-refractivity contribution is 1.27. The molecule has 0 atom stereocenters. The van der Waals surface area contributed by atoms with Gasteiger partial charge in [-0.15, -0.1) is 34.0 Å². The number of thiophene rings is 3. The van der Waals surface area contributed by atoms with Crippen molar-refractivity contribution >= 4 is 162 Å². The number of para-hydroxylation sites is 1. The summed E-state index contributed by atoms with van der Waals surface area (Å²) in [5.41, 5.74) is 11.8. The zero-order valence-electron chi connectivity index (χ0n) is 30.8. The quantitative estimate of drug-likeness (QED) is 0.151. The third-order valence-corrected chi connectivity index (χ3v) is 16.6. The van der Waals surface area contributed by atoms with Crippen molar-refractivity contribution in [3.8, 4) is 11.1 Å². The Hall–Kier alpha value is -6.44. The van der Waals surface area contributed by atoms with E-state index in [1.54, 1.807) is 0 Å². The average molecular weight is 787 g/mol. The van der Waals surface area contributed by atoms with Crippen molar-refractivity contribution in [3.63, 3.8) is 0 Å². The second-order valence-corrected chi connectivity index (χ2v) is 19.2. The van der Waals surface area contributed by atoms with Crippen molar-refractivity contribution in [2.75, 3.05) is 4.90 Å². The first-order valence-electron chi connectivity index (χ1n) is 19.9. The van der Waals surface area contributed by atoms with E-state index in [4.69, 9.17) is 0 Å². The maximum absolute atomic E-state index is 2.75. The number of aromatic nitrogens is 1. The Kier molecular flexibility index (Phi) is 5.68. The smallest absolute Gasteiger partial charge is 0.333 e. The first-order chi connectivity index (χ1) is 28.8. The molecule has 6 heteroatoms. The van der Waals surface area contributed by atoms with Crippen molar-refractivity contribution in [2.45, 2.75) is 0 Å². The third kappa shape index (κ3) is 3.71. The summed E-state index contributed by atoms with van der Waals surface area (Å²) in [6.45, 7) is -0.0353. The predicted octanol–water partition coefficient (Wildman–Crippen LogP) is 14.5. The Bertz CT molecular complexity index is 4010. The minimum Gasteiger partial charge on any atom is -0.375 e. The van der Waals surface area contributed by atoms with Crippen LogP contribution in [0.3, 0.4) is 0 Å². The molecule has 0 aliphatic carbocycles. The van der Waals surface area contributed by atoms with Gasteiger partial charge in [-0.3, -0.25) is 0 Å². The fraction of sp³-hybridized carbons (Fsp3) is 0. The van der Waals surface area contributed by atoms with Crippen LogP contribution >= 0.6 is 34.0 Å². The Morgan fingerprint density at radius 3 is 1.83 bits per heavy atom. The number of hydrogen-bond acceptors (Lipinski definition) is 4. The molecular formula is C52H27BN2S3. The van der Waals surface area contributed by atoms with Gasteiger partial charge in [0.2, 0.25) is 0 Å². The van der Waals surface area contributed by atoms with E-state index in [2.05, 4.69) is 173 Å². The van der Waals surface area contributed by atoms with Crippen molar-refractivity contribution in [3.05, 3.63) is 164 Å². The molecular weight excluding hydrogens is 760 g/mol. The van der Waals surface area contributed by atoms with Gasteiger partial charge in [0.25, 0.3) is 0 Å². The van der Waals surface area contributed by atoms with Gasteiger partial charge in [0.15, 0.2) is 0 Å². The number of fused-ring (bicyclic) bond motifs is 19. The molecule has 2 aliphatic rings. The highest BCUT2D eigenvalue weighted by Crippen LogP contribution is 2.52. The third-order valence-electron chi connectivity index (χ3n) is 13.1. The van der Waals surface area contributed by atoms with E-state index in [0.29, 0.717) is 0 Å². The number of benzene rings is 9. The molecule has 15 rings (SSSR count). The van der Waals surface area contributed by atoms with E-state index in [-0.39, 0.29) is 6.85 Å². The summed E-state index contributed by atoms with van der Waals surface area (Å²) in [5, 5.41) is 13.2. The van der Waals surface area contributed by atoms with E-state index in [0.717, 1.165) is 0 Å². The van der Waals surface area contributed by atoms with Crippen molar-refractivity contribution in [1.29, 1.82) is 0 Å². The number of hydrogen-bond donors (Lipinski definition) is 0. The number of nitrogens with zero attached hydrogens (tertiary/aromatic N) is 2. The minimum atomic E-state index is -0.0353. The summed E-state index contributed by atoms with van der Waals surface area (Å²) in [4.78, 5) is 2.63. The molecule has 0 saturated heterocycles. The van der Waals surface area contributed by atoms with Gasteiger partial charge in [0.05, 0.1) is 0 Å². The zero-order chi connectivity index (χ0) is 37.4. The molecule has 0 N–H and O–H groups in total. The molecule has 0 unspecified atom stereocenters. The normalized spacial score (nSPS) is 13.4. The van der Waals surface area contributed by atoms with Gasteiger partial charge in [0.1, 0.15) is 0 Å². The molecule has 0 radical (unpaired) electrons. The highest BCUT2D eigenvalue weighted by atomic mass is 32.1. The maximum Gasteiger partial charge on any atom is 0.333 e. The highest BCUT2D eigenvalue weighted by Gasteiger charge is 2.44. The van der Waals surface area contributed by atoms with Crippen molar-refractivity contribution in [2.24, 2.45) is 0 Å². The molecule has 2 aliphatic heterocycles. The van der Waals surface area contributed by atoms with E-state index in [1.165, 1.54) is 132 Å². The minimum absolute atomic E-state index is 0.0353. The van der Waals surface area contributed by atoms with Crippen LogP contribution in [0.2, 0.25) is 0 Å². The zero-order valence-corrected chi connectivity index (χ0v) is 33.2. The summed E-state index contributed by atoms with van der Waals surface area (Å²) in [7, 11) is 0. The van der Waals surface area contributed by atoms with Gasteiger partial charge in [-0.1, -0.05) is 109 Å². The van der Waals surface area contributed by atoms with Crippen LogP contribution in [0.15, 0.2) is 164 Å². The Morgan fingerprint density at radius 2 is 1.02 bits per heavy atom.